The zero-order valence-electron chi connectivity index (χ0n) is 16.3. The monoisotopic (exact) mass is 368 g/mol. The number of allylic oxidation sites excluding steroid dienone is 7. The van der Waals surface area contributed by atoms with E-state index in [9.17, 15) is 14.4 Å². The van der Waals surface area contributed by atoms with Crippen molar-refractivity contribution in [1.29, 1.82) is 0 Å². The number of phosphoric ester groups is 1. The summed E-state index contributed by atoms with van der Waals surface area (Å²) in [6.07, 6.45) is 14.6. The van der Waals surface area contributed by atoms with Crippen molar-refractivity contribution in [2.24, 2.45) is 0 Å². The molecule has 0 aliphatic carbocycles. The second kappa shape index (κ2) is 13.3. The summed E-state index contributed by atoms with van der Waals surface area (Å²) in [5, 5.41) is 0. The van der Waals surface area contributed by atoms with Crippen molar-refractivity contribution in [1.82, 2.24) is 0 Å². The van der Waals surface area contributed by atoms with E-state index in [1.807, 2.05) is 6.92 Å². The van der Waals surface area contributed by atoms with Crippen LogP contribution >= 0.6 is 7.82 Å². The van der Waals surface area contributed by atoms with Crippen molar-refractivity contribution in [3.8, 4) is 0 Å². The molecule has 4 nitrogen and oxygen atoms in total. The molecule has 0 atom stereocenters. The fourth-order valence-corrected chi connectivity index (χ4v) is 2.52. The Bertz CT molecular complexity index is 546. The van der Waals surface area contributed by atoms with Crippen LogP contribution in [0.15, 0.2) is 46.6 Å². The predicted molar refractivity (Wildman–Crippen MR) is 102 cm³/mol. The first kappa shape index (κ1) is 24.1. The molecule has 0 aromatic rings. The van der Waals surface area contributed by atoms with E-state index in [4.69, 9.17) is 0 Å². The summed E-state index contributed by atoms with van der Waals surface area (Å²) < 4.78 is 14.5. The van der Waals surface area contributed by atoms with Gasteiger partial charge < -0.3 is 18.9 Å². The number of rotatable bonds is 12. The average Bonchev–Trinajstić information content (AvgIpc) is 2.45. The molecule has 5 heteroatoms. The van der Waals surface area contributed by atoms with E-state index in [2.05, 4.69) is 50.4 Å². The van der Waals surface area contributed by atoms with Gasteiger partial charge in [0.15, 0.2) is 0 Å². The lowest BCUT2D eigenvalue weighted by Crippen LogP contribution is -2.16. The molecule has 0 saturated carbocycles. The third-order valence-electron chi connectivity index (χ3n) is 3.82. The predicted octanol–water partition coefficient (Wildman–Crippen LogP) is 4.98. The molecular weight excluding hydrogens is 335 g/mol. The maximum atomic E-state index is 10.4. The van der Waals surface area contributed by atoms with Gasteiger partial charge in [0.1, 0.15) is 0 Å². The minimum atomic E-state index is -4.86. The highest BCUT2D eigenvalue weighted by molar-refractivity contribution is 7.43. The van der Waals surface area contributed by atoms with Gasteiger partial charge in [-0.1, -0.05) is 46.6 Å². The van der Waals surface area contributed by atoms with Crippen molar-refractivity contribution in [3.05, 3.63) is 46.6 Å². The van der Waals surface area contributed by atoms with E-state index in [-0.39, 0.29) is 6.61 Å². The van der Waals surface area contributed by atoms with E-state index in [0.29, 0.717) is 0 Å². The van der Waals surface area contributed by atoms with Crippen LogP contribution in [0.4, 0.5) is 0 Å². The molecule has 0 bridgehead atoms. The Kier molecular flexibility index (Phi) is 12.8. The summed E-state index contributed by atoms with van der Waals surface area (Å²) in [4.78, 5) is 20.7. The fraction of sp³-hybridized carbons (Fsp3) is 0.600. The zero-order valence-corrected chi connectivity index (χ0v) is 17.2. The lowest BCUT2D eigenvalue weighted by molar-refractivity contribution is -0.340. The van der Waals surface area contributed by atoms with Gasteiger partial charge in [0.05, 0.1) is 14.4 Å². The van der Waals surface area contributed by atoms with Crippen LogP contribution in [-0.2, 0) is 9.09 Å². The van der Waals surface area contributed by atoms with Crippen LogP contribution in [0.3, 0.4) is 0 Å². The van der Waals surface area contributed by atoms with Gasteiger partial charge in [-0.25, -0.2) is 0 Å². The SMILES string of the molecule is CC(C)=CCC/C(C)=C\CC/C(C)=C\CC/C(C)=C\COP(=O)([O-])[O-]. The summed E-state index contributed by atoms with van der Waals surface area (Å²) in [6.45, 7) is 10.3. The van der Waals surface area contributed by atoms with Crippen LogP contribution in [-0.4, -0.2) is 6.61 Å². The molecule has 144 valence electrons. The average molecular weight is 368 g/mol. The first-order valence-corrected chi connectivity index (χ1v) is 10.3. The van der Waals surface area contributed by atoms with Gasteiger partial charge in [0.2, 0.25) is 0 Å². The third-order valence-corrected chi connectivity index (χ3v) is 4.28. The van der Waals surface area contributed by atoms with E-state index < -0.39 is 7.82 Å². The minimum absolute atomic E-state index is 0.171. The van der Waals surface area contributed by atoms with Crippen LogP contribution in [0, 0.1) is 0 Å². The molecule has 0 amide bonds. The maximum absolute atomic E-state index is 10.4. The van der Waals surface area contributed by atoms with E-state index >= 15 is 0 Å². The molecule has 0 rings (SSSR count). The Morgan fingerprint density at radius 1 is 0.760 bits per heavy atom. The van der Waals surface area contributed by atoms with E-state index in [0.717, 1.165) is 44.1 Å². The molecule has 0 fully saturated rings. The molecular formula is C20H33O4P-2. The molecule has 0 aliphatic heterocycles. The summed E-state index contributed by atoms with van der Waals surface area (Å²) in [7, 11) is -4.86. The smallest absolute Gasteiger partial charge is 0.0702 e. The van der Waals surface area contributed by atoms with E-state index in [1.165, 1.54) is 16.7 Å². The Labute approximate surface area is 153 Å². The van der Waals surface area contributed by atoms with E-state index in [1.54, 1.807) is 6.08 Å². The molecule has 0 saturated heterocycles. The lowest BCUT2D eigenvalue weighted by Gasteiger charge is -2.27. The zero-order chi connectivity index (χ0) is 19.3. The van der Waals surface area contributed by atoms with Crippen molar-refractivity contribution in [2.45, 2.75) is 73.1 Å². The van der Waals surface area contributed by atoms with Gasteiger partial charge in [0.25, 0.3) is 0 Å². The van der Waals surface area contributed by atoms with Crippen LogP contribution < -0.4 is 9.79 Å². The Balaban J connectivity index is 4.03. The topological polar surface area (TPSA) is 72.4 Å². The second-order valence-corrected chi connectivity index (χ2v) is 7.94. The van der Waals surface area contributed by atoms with Gasteiger partial charge in [-0.05, 0) is 73.1 Å². The van der Waals surface area contributed by atoms with Crippen molar-refractivity contribution in [2.75, 3.05) is 6.61 Å². The largest absolute Gasteiger partial charge is 0.790 e. The summed E-state index contributed by atoms with van der Waals surface area (Å²) in [6, 6.07) is 0. The van der Waals surface area contributed by atoms with Crippen molar-refractivity contribution >= 4 is 7.82 Å². The van der Waals surface area contributed by atoms with Gasteiger partial charge in [-0.3, -0.25) is 0 Å². The molecule has 0 unspecified atom stereocenters. The van der Waals surface area contributed by atoms with Crippen LogP contribution in [0.5, 0.6) is 0 Å². The molecule has 0 heterocycles. The van der Waals surface area contributed by atoms with Crippen LogP contribution in [0.25, 0.3) is 0 Å². The first-order chi connectivity index (χ1) is 11.6. The molecule has 0 aliphatic rings. The molecule has 0 spiro atoms. The molecule has 0 N–H and O–H groups in total. The summed E-state index contributed by atoms with van der Waals surface area (Å²) in [5.41, 5.74) is 5.20. The molecule has 0 radical (unpaired) electrons. The number of hydrogen-bond acceptors (Lipinski definition) is 4. The van der Waals surface area contributed by atoms with Crippen LogP contribution in [0.1, 0.15) is 73.1 Å². The summed E-state index contributed by atoms with van der Waals surface area (Å²) in [5.74, 6) is 0. The fourth-order valence-electron chi connectivity index (χ4n) is 2.26. The van der Waals surface area contributed by atoms with Crippen molar-refractivity contribution in [3.63, 3.8) is 0 Å². The van der Waals surface area contributed by atoms with Crippen molar-refractivity contribution < 1.29 is 18.9 Å². The highest BCUT2D eigenvalue weighted by atomic mass is 31.2. The van der Waals surface area contributed by atoms with Gasteiger partial charge in [0, 0.05) is 0 Å². The Hall–Kier alpha value is -0.930. The van der Waals surface area contributed by atoms with Gasteiger partial charge >= 0.3 is 0 Å². The second-order valence-electron chi connectivity index (χ2n) is 6.79. The van der Waals surface area contributed by atoms with Gasteiger partial charge in [-0.2, -0.15) is 0 Å². The number of hydrogen-bond donors (Lipinski definition) is 0. The minimum Gasteiger partial charge on any atom is -0.790 e. The normalized spacial score (nSPS) is 14.0. The standard InChI is InChI=1S/C20H35O4P/c1-17(2)9-6-10-18(3)11-7-12-19(4)13-8-14-20(5)15-16-24-25(21,22)23/h9,11,13,15H,6-8,10,12,14,16H2,1-5H3,(H2,21,22,23)/p-2/b18-11-,19-13-,20-15-. The first-order valence-electron chi connectivity index (χ1n) is 8.87. The molecule has 0 aromatic carbocycles. The third kappa shape index (κ3) is 17.7. The number of phosphoric acid groups is 1. The lowest BCUT2D eigenvalue weighted by atomic mass is 10.0. The van der Waals surface area contributed by atoms with Gasteiger partial charge in [-0.15, -0.1) is 0 Å². The summed E-state index contributed by atoms with van der Waals surface area (Å²) >= 11 is 0. The Morgan fingerprint density at radius 2 is 1.16 bits per heavy atom. The molecule has 25 heavy (non-hydrogen) atoms. The molecule has 0 aromatic heterocycles. The highest BCUT2D eigenvalue weighted by Gasteiger charge is 1.94. The highest BCUT2D eigenvalue weighted by Crippen LogP contribution is 2.24. The van der Waals surface area contributed by atoms with Crippen LogP contribution in [0.2, 0.25) is 0 Å². The maximum Gasteiger partial charge on any atom is 0.0702 e. The Morgan fingerprint density at radius 3 is 1.56 bits per heavy atom. The quantitative estimate of drug-likeness (QED) is 0.360.